The molecule has 0 bridgehead atoms. The molecule has 0 atom stereocenters. The van der Waals surface area contributed by atoms with Gasteiger partial charge in [0.2, 0.25) is 5.91 Å². The van der Waals surface area contributed by atoms with Gasteiger partial charge in [-0.25, -0.2) is 9.37 Å². The van der Waals surface area contributed by atoms with Crippen LogP contribution < -0.4 is 16.2 Å². The van der Waals surface area contributed by atoms with Gasteiger partial charge in [0.25, 0.3) is 11.5 Å². The molecule has 0 aliphatic rings. The smallest absolute Gasteiger partial charge is 0.266 e. The Morgan fingerprint density at radius 2 is 1.78 bits per heavy atom. The minimum atomic E-state index is -0.677. The summed E-state index contributed by atoms with van der Waals surface area (Å²) in [6.07, 6.45) is 1.14. The van der Waals surface area contributed by atoms with Crippen molar-refractivity contribution in [3.05, 3.63) is 82.0 Å². The third-order valence-electron chi connectivity index (χ3n) is 4.36. The highest BCUT2D eigenvalue weighted by Crippen LogP contribution is 2.16. The number of benzene rings is 2. The lowest BCUT2D eigenvalue weighted by Gasteiger charge is -2.10. The van der Waals surface area contributed by atoms with E-state index in [1.165, 1.54) is 42.8 Å². The summed E-state index contributed by atoms with van der Waals surface area (Å²) in [5.41, 5.74) is 0.526. The van der Waals surface area contributed by atoms with Crippen molar-refractivity contribution in [1.82, 2.24) is 9.55 Å². The highest BCUT2D eigenvalue weighted by molar-refractivity contribution is 7.99. The molecule has 3 rings (SSSR count). The van der Waals surface area contributed by atoms with Crippen LogP contribution in [0.1, 0.15) is 27.6 Å². The lowest BCUT2D eigenvalue weighted by atomic mass is 10.1. The number of carbonyl (C=O) groups is 3. The zero-order valence-corrected chi connectivity index (χ0v) is 18.0. The van der Waals surface area contributed by atoms with Crippen molar-refractivity contribution in [2.45, 2.75) is 12.1 Å². The number of aromatic nitrogens is 2. The van der Waals surface area contributed by atoms with Crippen LogP contribution in [-0.2, 0) is 11.8 Å². The van der Waals surface area contributed by atoms with Crippen molar-refractivity contribution < 1.29 is 18.8 Å². The van der Waals surface area contributed by atoms with E-state index >= 15 is 0 Å². The molecule has 10 heteroatoms. The lowest BCUT2D eigenvalue weighted by Crippen LogP contribution is -2.29. The Labute approximate surface area is 186 Å². The lowest BCUT2D eigenvalue weighted by molar-refractivity contribution is -0.113. The largest absolute Gasteiger partial charge is 0.325 e. The van der Waals surface area contributed by atoms with Crippen LogP contribution in [-0.4, -0.2) is 32.9 Å². The SMILES string of the molecule is CC(=O)c1cccc(NC(=O)CSc2ncc(C(=O)Nc3ccc(F)cc3)c(=O)n2C)c1. The minimum absolute atomic E-state index is 0.0360. The van der Waals surface area contributed by atoms with Crippen molar-refractivity contribution in [2.75, 3.05) is 16.4 Å². The van der Waals surface area contributed by atoms with E-state index in [1.54, 1.807) is 24.3 Å². The number of carbonyl (C=O) groups excluding carboxylic acids is 3. The fraction of sp³-hybridized carbons (Fsp3) is 0.136. The van der Waals surface area contributed by atoms with Crippen molar-refractivity contribution in [3.8, 4) is 0 Å². The molecule has 164 valence electrons. The Hall–Kier alpha value is -3.79. The summed E-state index contributed by atoms with van der Waals surface area (Å²) in [6.45, 7) is 1.44. The average molecular weight is 454 g/mol. The molecule has 0 aliphatic heterocycles. The zero-order chi connectivity index (χ0) is 23.3. The van der Waals surface area contributed by atoms with Crippen LogP contribution in [0, 0.1) is 5.82 Å². The Bertz CT molecular complexity index is 1240. The molecule has 0 fully saturated rings. The van der Waals surface area contributed by atoms with Gasteiger partial charge in [-0.3, -0.25) is 23.7 Å². The summed E-state index contributed by atoms with van der Waals surface area (Å²) < 4.78 is 14.2. The Kier molecular flexibility index (Phi) is 7.16. The molecule has 2 aromatic carbocycles. The van der Waals surface area contributed by atoms with Gasteiger partial charge < -0.3 is 10.6 Å². The quantitative estimate of drug-likeness (QED) is 0.323. The molecule has 8 nitrogen and oxygen atoms in total. The highest BCUT2D eigenvalue weighted by atomic mass is 32.2. The van der Waals surface area contributed by atoms with Crippen LogP contribution in [0.15, 0.2) is 64.7 Å². The van der Waals surface area contributed by atoms with Gasteiger partial charge in [0.05, 0.1) is 5.75 Å². The molecule has 0 unspecified atom stereocenters. The zero-order valence-electron chi connectivity index (χ0n) is 17.2. The summed E-state index contributed by atoms with van der Waals surface area (Å²) in [6, 6.07) is 11.7. The minimum Gasteiger partial charge on any atom is -0.325 e. The van der Waals surface area contributed by atoms with Crippen LogP contribution in [0.2, 0.25) is 0 Å². The molecule has 1 heterocycles. The molecule has 0 aliphatic carbocycles. The van der Waals surface area contributed by atoms with Gasteiger partial charge in [-0.2, -0.15) is 0 Å². The number of anilines is 2. The predicted octanol–water partition coefficient (Wildman–Crippen LogP) is 3.11. The number of Topliss-reactive ketones (excluding diaryl/α,β-unsaturated/α-hetero) is 1. The van der Waals surface area contributed by atoms with Crippen molar-refractivity contribution >= 4 is 40.7 Å². The second-order valence-electron chi connectivity index (χ2n) is 6.75. The predicted molar refractivity (Wildman–Crippen MR) is 120 cm³/mol. The molecule has 2 N–H and O–H groups in total. The monoisotopic (exact) mass is 454 g/mol. The fourth-order valence-corrected chi connectivity index (χ4v) is 3.43. The molecule has 1 aromatic heterocycles. The first-order chi connectivity index (χ1) is 15.2. The topological polar surface area (TPSA) is 110 Å². The number of halogens is 1. The van der Waals surface area contributed by atoms with Gasteiger partial charge in [-0.05, 0) is 43.3 Å². The van der Waals surface area contributed by atoms with E-state index in [-0.39, 0.29) is 28.2 Å². The van der Waals surface area contributed by atoms with E-state index in [2.05, 4.69) is 15.6 Å². The standard InChI is InChI=1S/C22H19FN4O4S/c1-13(28)14-4-3-5-17(10-14)25-19(29)12-32-22-24-11-18(21(31)27(22)2)20(30)26-16-8-6-15(23)7-9-16/h3-11H,12H2,1-2H3,(H,25,29)(H,26,30). The van der Waals surface area contributed by atoms with Gasteiger partial charge in [0, 0.05) is 30.2 Å². The van der Waals surface area contributed by atoms with Gasteiger partial charge in [-0.1, -0.05) is 23.9 Å². The van der Waals surface area contributed by atoms with Crippen LogP contribution in [0.3, 0.4) is 0 Å². The van der Waals surface area contributed by atoms with Gasteiger partial charge in [0.15, 0.2) is 10.9 Å². The first-order valence-electron chi connectivity index (χ1n) is 9.41. The van der Waals surface area contributed by atoms with Crippen molar-refractivity contribution in [1.29, 1.82) is 0 Å². The summed E-state index contributed by atoms with van der Waals surface area (Å²) in [5, 5.41) is 5.44. The summed E-state index contributed by atoms with van der Waals surface area (Å²) in [4.78, 5) is 52.8. The Balaban J connectivity index is 1.64. The van der Waals surface area contributed by atoms with Crippen molar-refractivity contribution in [3.63, 3.8) is 0 Å². The number of nitrogens with zero attached hydrogens (tertiary/aromatic N) is 2. The molecule has 0 radical (unpaired) electrons. The van der Waals surface area contributed by atoms with E-state index < -0.39 is 17.3 Å². The summed E-state index contributed by atoms with van der Waals surface area (Å²) >= 11 is 1.02. The maximum atomic E-state index is 13.0. The maximum Gasteiger partial charge on any atom is 0.266 e. The number of ketones is 1. The number of hydrogen-bond acceptors (Lipinski definition) is 6. The van der Waals surface area contributed by atoms with Crippen LogP contribution >= 0.6 is 11.8 Å². The number of nitrogens with one attached hydrogen (secondary N) is 2. The summed E-state index contributed by atoms with van der Waals surface area (Å²) in [5.74, 6) is -1.62. The van der Waals surface area contributed by atoms with E-state index in [9.17, 15) is 23.6 Å². The third kappa shape index (κ3) is 5.67. The second kappa shape index (κ2) is 10.0. The van der Waals surface area contributed by atoms with Crippen LogP contribution in [0.4, 0.5) is 15.8 Å². The number of rotatable bonds is 7. The molecule has 2 amide bonds. The van der Waals surface area contributed by atoms with Crippen LogP contribution in [0.5, 0.6) is 0 Å². The Morgan fingerprint density at radius 1 is 1.06 bits per heavy atom. The number of hydrogen-bond donors (Lipinski definition) is 2. The van der Waals surface area contributed by atoms with E-state index in [0.717, 1.165) is 18.0 Å². The van der Waals surface area contributed by atoms with Crippen molar-refractivity contribution in [2.24, 2.45) is 7.05 Å². The average Bonchev–Trinajstić information content (AvgIpc) is 2.76. The number of amides is 2. The van der Waals surface area contributed by atoms with Gasteiger partial charge >= 0.3 is 0 Å². The molecule has 0 saturated heterocycles. The Morgan fingerprint density at radius 3 is 2.47 bits per heavy atom. The van der Waals surface area contributed by atoms with E-state index in [0.29, 0.717) is 16.9 Å². The molecule has 32 heavy (non-hydrogen) atoms. The molecular weight excluding hydrogens is 435 g/mol. The van der Waals surface area contributed by atoms with E-state index in [4.69, 9.17) is 0 Å². The molecule has 0 saturated carbocycles. The maximum absolute atomic E-state index is 13.0. The fourth-order valence-electron chi connectivity index (χ4n) is 2.69. The first-order valence-corrected chi connectivity index (χ1v) is 10.4. The normalized spacial score (nSPS) is 10.5. The van der Waals surface area contributed by atoms with E-state index in [1.807, 2.05) is 0 Å². The number of thioether (sulfide) groups is 1. The summed E-state index contributed by atoms with van der Waals surface area (Å²) in [7, 11) is 1.45. The second-order valence-corrected chi connectivity index (χ2v) is 7.70. The van der Waals surface area contributed by atoms with Gasteiger partial charge in [-0.15, -0.1) is 0 Å². The van der Waals surface area contributed by atoms with Crippen LogP contribution in [0.25, 0.3) is 0 Å². The third-order valence-corrected chi connectivity index (χ3v) is 5.40. The molecular formula is C22H19FN4O4S. The molecule has 0 spiro atoms. The highest BCUT2D eigenvalue weighted by Gasteiger charge is 2.16. The van der Waals surface area contributed by atoms with Gasteiger partial charge in [0.1, 0.15) is 11.4 Å². The first kappa shape index (κ1) is 22.9. The molecule has 3 aromatic rings.